The normalized spacial score (nSPS) is 10.3. The van der Waals surface area contributed by atoms with Crippen molar-refractivity contribution in [1.82, 2.24) is 0 Å². The number of hydrogen-bond acceptors (Lipinski definition) is 1. The van der Waals surface area contributed by atoms with Gasteiger partial charge in [-0.15, -0.1) is 0 Å². The highest BCUT2D eigenvalue weighted by molar-refractivity contribution is 7.98. The van der Waals surface area contributed by atoms with Gasteiger partial charge < -0.3 is 0 Å². The minimum atomic E-state index is 1.15. The third-order valence-corrected chi connectivity index (χ3v) is 1.02. The van der Waals surface area contributed by atoms with Gasteiger partial charge in [-0.2, -0.15) is 11.8 Å². The summed E-state index contributed by atoms with van der Waals surface area (Å²) in [5, 5.41) is 0. The second-order valence-electron chi connectivity index (χ2n) is 1.02. The summed E-state index contributed by atoms with van der Waals surface area (Å²) in [5.41, 5.74) is 0. The Kier molecular flexibility index (Phi) is 5.17. The highest BCUT2D eigenvalue weighted by atomic mass is 32.2. The Morgan fingerprint density at radius 3 is 2.50 bits per heavy atom. The summed E-state index contributed by atoms with van der Waals surface area (Å²) in [6.07, 6.45) is 6.31. The molecule has 0 aliphatic carbocycles. The maximum atomic E-state index is 2.14. The van der Waals surface area contributed by atoms with Crippen molar-refractivity contribution in [2.75, 3.05) is 12.0 Å². The highest BCUT2D eigenvalue weighted by Gasteiger charge is 1.64. The summed E-state index contributed by atoms with van der Waals surface area (Å²) in [6, 6.07) is 0. The van der Waals surface area contributed by atoms with E-state index in [0.717, 1.165) is 5.75 Å². The zero-order chi connectivity index (χ0) is 4.83. The molecule has 0 saturated carbocycles. The van der Waals surface area contributed by atoms with Crippen LogP contribution in [-0.4, -0.2) is 12.0 Å². The van der Waals surface area contributed by atoms with Crippen LogP contribution in [-0.2, 0) is 0 Å². The Morgan fingerprint density at radius 1 is 1.67 bits per heavy atom. The fraction of sp³-hybridized carbons (Fsp3) is 0.600. The van der Waals surface area contributed by atoms with Crippen LogP contribution in [0.5, 0.6) is 0 Å². The lowest BCUT2D eigenvalue weighted by Crippen LogP contribution is -1.60. The van der Waals surface area contributed by atoms with Crippen molar-refractivity contribution in [3.8, 4) is 0 Å². The number of rotatable bonds is 2. The van der Waals surface area contributed by atoms with E-state index in [4.69, 9.17) is 0 Å². The summed E-state index contributed by atoms with van der Waals surface area (Å²) in [7, 11) is 0. The molecule has 1 heteroatoms. The Hall–Kier alpha value is 0.0900. The Morgan fingerprint density at radius 2 is 2.33 bits per heavy atom. The molecule has 0 fully saturated rings. The molecule has 0 rings (SSSR count). The molecule has 6 heavy (non-hydrogen) atoms. The van der Waals surface area contributed by atoms with Crippen molar-refractivity contribution < 1.29 is 0 Å². The molecule has 0 unspecified atom stereocenters. The van der Waals surface area contributed by atoms with E-state index in [1.807, 2.05) is 18.7 Å². The predicted octanol–water partition coefficient (Wildman–Crippen LogP) is 1.93. The maximum absolute atomic E-state index is 2.14. The second kappa shape index (κ2) is 5.09. The number of allylic oxidation sites excluding steroid dienone is 1. The summed E-state index contributed by atoms with van der Waals surface area (Å²) >= 11 is 1.84. The predicted molar refractivity (Wildman–Crippen MR) is 33.2 cm³/mol. The van der Waals surface area contributed by atoms with Gasteiger partial charge in [0, 0.05) is 5.75 Å². The van der Waals surface area contributed by atoms with Gasteiger partial charge in [0.15, 0.2) is 0 Å². The van der Waals surface area contributed by atoms with E-state index in [0.29, 0.717) is 0 Å². The Balaban J connectivity index is 2.66. The van der Waals surface area contributed by atoms with Gasteiger partial charge in [-0.1, -0.05) is 12.2 Å². The molecule has 0 aromatic heterocycles. The van der Waals surface area contributed by atoms with Crippen LogP contribution in [0.25, 0.3) is 0 Å². The first-order chi connectivity index (χ1) is 2.91. The topological polar surface area (TPSA) is 0 Å². The third-order valence-electron chi connectivity index (χ3n) is 0.499. The van der Waals surface area contributed by atoms with Crippen LogP contribution in [0.2, 0.25) is 0 Å². The van der Waals surface area contributed by atoms with E-state index in [2.05, 4.69) is 18.4 Å². The molecule has 0 aromatic rings. The van der Waals surface area contributed by atoms with Gasteiger partial charge in [-0.25, -0.2) is 0 Å². The molecule has 0 N–H and O–H groups in total. The zero-order valence-electron chi connectivity index (χ0n) is 4.27. The van der Waals surface area contributed by atoms with Crippen LogP contribution in [0.1, 0.15) is 6.92 Å². The first-order valence-corrected chi connectivity index (χ1v) is 3.41. The Bertz CT molecular complexity index is 39.2. The average molecular weight is 102 g/mol. The highest BCUT2D eigenvalue weighted by Crippen LogP contribution is 1.89. The van der Waals surface area contributed by atoms with Crippen LogP contribution in [0.15, 0.2) is 12.2 Å². The minimum absolute atomic E-state index is 1.15. The van der Waals surface area contributed by atoms with E-state index in [-0.39, 0.29) is 0 Å². The molecule has 0 radical (unpaired) electrons. The molecule has 0 aliphatic rings. The first kappa shape index (κ1) is 6.09. The molecule has 0 nitrogen and oxygen atoms in total. The standard InChI is InChI=1S/C5H10S/c1-3-4-5-6-2/h3-4H,5H2,1-2H3/b4-3-. The molecule has 36 valence electrons. The molecule has 0 heterocycles. The van der Waals surface area contributed by atoms with E-state index >= 15 is 0 Å². The summed E-state index contributed by atoms with van der Waals surface area (Å²) < 4.78 is 0. The van der Waals surface area contributed by atoms with Crippen LogP contribution in [0.4, 0.5) is 0 Å². The van der Waals surface area contributed by atoms with Crippen LogP contribution < -0.4 is 0 Å². The third kappa shape index (κ3) is 4.09. The maximum Gasteiger partial charge on any atom is 0.0110 e. The lowest BCUT2D eigenvalue weighted by molar-refractivity contribution is 1.66. The molecule has 0 bridgehead atoms. The van der Waals surface area contributed by atoms with E-state index in [9.17, 15) is 0 Å². The van der Waals surface area contributed by atoms with Gasteiger partial charge in [0.1, 0.15) is 0 Å². The molecule has 0 amide bonds. The van der Waals surface area contributed by atoms with E-state index < -0.39 is 0 Å². The monoisotopic (exact) mass is 102 g/mol. The molecule has 0 aromatic carbocycles. The molecule has 0 spiro atoms. The van der Waals surface area contributed by atoms with Crippen molar-refractivity contribution in [1.29, 1.82) is 0 Å². The fourth-order valence-electron chi connectivity index (χ4n) is 0.192. The van der Waals surface area contributed by atoms with Gasteiger partial charge >= 0.3 is 0 Å². The van der Waals surface area contributed by atoms with Crippen molar-refractivity contribution in [3.63, 3.8) is 0 Å². The largest absolute Gasteiger partial charge is 0.161 e. The molecule has 0 aliphatic heterocycles. The van der Waals surface area contributed by atoms with Gasteiger partial charge in [0.05, 0.1) is 0 Å². The average Bonchev–Trinajstić information content (AvgIpc) is 1.61. The lowest BCUT2D eigenvalue weighted by Gasteiger charge is -1.77. The summed E-state index contributed by atoms with van der Waals surface area (Å²) in [5.74, 6) is 1.15. The molecular weight excluding hydrogens is 92.1 g/mol. The smallest absolute Gasteiger partial charge is 0.0110 e. The number of hydrogen-bond donors (Lipinski definition) is 0. The van der Waals surface area contributed by atoms with Crippen molar-refractivity contribution in [2.45, 2.75) is 6.92 Å². The van der Waals surface area contributed by atoms with Crippen molar-refractivity contribution >= 4 is 11.8 Å². The lowest BCUT2D eigenvalue weighted by atomic mass is 10.6. The molecular formula is C5H10S. The van der Waals surface area contributed by atoms with Crippen LogP contribution in [0.3, 0.4) is 0 Å². The van der Waals surface area contributed by atoms with E-state index in [1.54, 1.807) is 0 Å². The molecule has 0 atom stereocenters. The molecule has 0 saturated heterocycles. The second-order valence-corrected chi connectivity index (χ2v) is 1.94. The van der Waals surface area contributed by atoms with Crippen LogP contribution in [0, 0.1) is 0 Å². The Labute approximate surface area is 43.6 Å². The van der Waals surface area contributed by atoms with Crippen molar-refractivity contribution in [3.05, 3.63) is 12.2 Å². The van der Waals surface area contributed by atoms with Gasteiger partial charge in [-0.05, 0) is 13.2 Å². The number of thioether (sulfide) groups is 1. The minimum Gasteiger partial charge on any atom is -0.161 e. The van der Waals surface area contributed by atoms with Crippen molar-refractivity contribution in [2.24, 2.45) is 0 Å². The SMILES string of the molecule is C/C=C\CSC. The van der Waals surface area contributed by atoms with Crippen LogP contribution >= 0.6 is 11.8 Å². The zero-order valence-corrected chi connectivity index (χ0v) is 5.09. The summed E-state index contributed by atoms with van der Waals surface area (Å²) in [6.45, 7) is 2.04. The first-order valence-electron chi connectivity index (χ1n) is 2.02. The fourth-order valence-corrected chi connectivity index (χ4v) is 0.577. The van der Waals surface area contributed by atoms with Gasteiger partial charge in [-0.3, -0.25) is 0 Å². The van der Waals surface area contributed by atoms with Gasteiger partial charge in [0.2, 0.25) is 0 Å². The van der Waals surface area contributed by atoms with Gasteiger partial charge in [0.25, 0.3) is 0 Å². The quantitative estimate of drug-likeness (QED) is 0.480. The summed E-state index contributed by atoms with van der Waals surface area (Å²) in [4.78, 5) is 0. The van der Waals surface area contributed by atoms with E-state index in [1.165, 1.54) is 0 Å².